The third-order valence-electron chi connectivity index (χ3n) is 6.95. The zero-order chi connectivity index (χ0) is 19.7. The molecule has 148 valence electrons. The van der Waals surface area contributed by atoms with E-state index in [1.165, 1.54) is 37.5 Å². The third-order valence-corrected chi connectivity index (χ3v) is 6.95. The number of aryl methyl sites for hydroxylation is 1. The number of carbonyl (C=O) groups is 1. The van der Waals surface area contributed by atoms with E-state index in [0.717, 1.165) is 23.2 Å². The molecule has 2 saturated carbocycles. The predicted molar refractivity (Wildman–Crippen MR) is 109 cm³/mol. The summed E-state index contributed by atoms with van der Waals surface area (Å²) in [5, 5.41) is 15.5. The average Bonchev–Trinajstić information content (AvgIpc) is 3.12. The zero-order valence-electron chi connectivity index (χ0n) is 16.7. The quantitative estimate of drug-likeness (QED) is 0.714. The lowest BCUT2D eigenvalue weighted by atomic mass is 9.73. The summed E-state index contributed by atoms with van der Waals surface area (Å²) < 4.78 is 2.23. The number of aromatic nitrogens is 2. The monoisotopic (exact) mass is 379 g/mol. The summed E-state index contributed by atoms with van der Waals surface area (Å²) in [6.07, 6.45) is 9.50. The van der Waals surface area contributed by atoms with Crippen molar-refractivity contribution in [3.8, 4) is 0 Å². The summed E-state index contributed by atoms with van der Waals surface area (Å²) in [4.78, 5) is 15.4. The number of rotatable bonds is 4. The lowest BCUT2D eigenvalue weighted by Gasteiger charge is -2.30. The summed E-state index contributed by atoms with van der Waals surface area (Å²) in [5.41, 5.74) is 2.75. The van der Waals surface area contributed by atoms with Crippen LogP contribution in [0.5, 0.6) is 0 Å². The van der Waals surface area contributed by atoms with E-state index < -0.39 is 11.5 Å². The van der Waals surface area contributed by atoms with Gasteiger partial charge in [0, 0.05) is 23.8 Å². The molecule has 1 aromatic heterocycles. The summed E-state index contributed by atoms with van der Waals surface area (Å²) in [7, 11) is 0. The van der Waals surface area contributed by atoms with Gasteiger partial charge in [-0.1, -0.05) is 38.3 Å². The van der Waals surface area contributed by atoms with E-state index in [4.69, 9.17) is 11.7 Å². The molecule has 2 fully saturated rings. The van der Waals surface area contributed by atoms with Crippen molar-refractivity contribution in [2.45, 2.75) is 82.7 Å². The molecule has 0 saturated heterocycles. The van der Waals surface area contributed by atoms with E-state index in [0.29, 0.717) is 31.7 Å². The van der Waals surface area contributed by atoms with Crippen LogP contribution in [0.25, 0.3) is 15.7 Å². The molecule has 0 unspecified atom stereocenters. The van der Waals surface area contributed by atoms with Gasteiger partial charge in [0.1, 0.15) is 0 Å². The van der Waals surface area contributed by atoms with Crippen LogP contribution >= 0.6 is 0 Å². The van der Waals surface area contributed by atoms with Gasteiger partial charge in [-0.2, -0.15) is 5.10 Å². The average molecular weight is 380 g/mol. The molecule has 2 aliphatic carbocycles. The summed E-state index contributed by atoms with van der Waals surface area (Å²) in [6, 6.07) is 6.88. The summed E-state index contributed by atoms with van der Waals surface area (Å²) in [6.45, 7) is 10.1. The Labute approximate surface area is 166 Å². The van der Waals surface area contributed by atoms with Gasteiger partial charge in [-0.25, -0.2) is 6.57 Å². The number of fused-ring (bicyclic) bond motifs is 1. The Morgan fingerprint density at radius 1 is 1.25 bits per heavy atom. The second-order valence-corrected chi connectivity index (χ2v) is 8.52. The van der Waals surface area contributed by atoms with Gasteiger partial charge in [0.05, 0.1) is 23.2 Å². The fourth-order valence-electron chi connectivity index (χ4n) is 5.16. The molecule has 1 N–H and O–H groups in total. The highest BCUT2D eigenvalue weighted by Crippen LogP contribution is 2.44. The Hall–Kier alpha value is -2.35. The number of benzene rings is 1. The molecule has 2 aliphatic rings. The van der Waals surface area contributed by atoms with E-state index in [2.05, 4.69) is 34.6 Å². The number of hydrogen-bond donors (Lipinski definition) is 1. The highest BCUT2D eigenvalue weighted by Gasteiger charge is 2.44. The number of carboxylic acid groups (broad SMARTS) is 1. The molecular formula is C23H29N3O2. The van der Waals surface area contributed by atoms with E-state index in [9.17, 15) is 9.90 Å². The second-order valence-electron chi connectivity index (χ2n) is 8.52. The SMILES string of the molecule is [C-]#[N+]C1(c2ccc3c(CC)nn(C4CCCCC4)c3c2)CCC(C(=O)O)CC1. The number of aliphatic carboxylic acids is 1. The molecule has 0 radical (unpaired) electrons. The predicted octanol–water partition coefficient (Wildman–Crippen LogP) is 5.49. The van der Waals surface area contributed by atoms with Crippen LogP contribution < -0.4 is 0 Å². The largest absolute Gasteiger partial charge is 0.481 e. The lowest BCUT2D eigenvalue weighted by molar-refractivity contribution is -0.143. The summed E-state index contributed by atoms with van der Waals surface area (Å²) in [5.74, 6) is -1.03. The summed E-state index contributed by atoms with van der Waals surface area (Å²) >= 11 is 0. The number of carboxylic acids is 1. The minimum Gasteiger partial charge on any atom is -0.481 e. The lowest BCUT2D eigenvalue weighted by Crippen LogP contribution is -2.31. The van der Waals surface area contributed by atoms with Crippen LogP contribution in [0.4, 0.5) is 0 Å². The molecule has 2 aromatic rings. The van der Waals surface area contributed by atoms with Crippen molar-refractivity contribution < 1.29 is 9.90 Å². The van der Waals surface area contributed by atoms with Gasteiger partial charge in [0.15, 0.2) is 0 Å². The van der Waals surface area contributed by atoms with Crippen molar-refractivity contribution in [1.29, 1.82) is 0 Å². The zero-order valence-corrected chi connectivity index (χ0v) is 16.7. The van der Waals surface area contributed by atoms with Crippen molar-refractivity contribution in [3.05, 3.63) is 40.9 Å². The highest BCUT2D eigenvalue weighted by molar-refractivity contribution is 5.83. The van der Waals surface area contributed by atoms with E-state index >= 15 is 0 Å². The maximum Gasteiger partial charge on any atom is 0.306 e. The van der Waals surface area contributed by atoms with Crippen molar-refractivity contribution in [2.24, 2.45) is 5.92 Å². The van der Waals surface area contributed by atoms with Crippen molar-refractivity contribution in [1.82, 2.24) is 9.78 Å². The van der Waals surface area contributed by atoms with Crippen LogP contribution in [0.3, 0.4) is 0 Å². The van der Waals surface area contributed by atoms with Crippen LogP contribution in [0.1, 0.15) is 82.0 Å². The van der Waals surface area contributed by atoms with Crippen LogP contribution in [0, 0.1) is 12.5 Å². The maximum absolute atomic E-state index is 11.3. The Morgan fingerprint density at radius 2 is 1.96 bits per heavy atom. The Bertz CT molecular complexity index is 910. The first-order valence-corrected chi connectivity index (χ1v) is 10.7. The Morgan fingerprint density at radius 3 is 2.57 bits per heavy atom. The van der Waals surface area contributed by atoms with Crippen LogP contribution in [0.15, 0.2) is 18.2 Å². The van der Waals surface area contributed by atoms with Gasteiger partial charge in [0.25, 0.3) is 5.54 Å². The molecular weight excluding hydrogens is 350 g/mol. The third kappa shape index (κ3) is 3.19. The molecule has 0 amide bonds. The van der Waals surface area contributed by atoms with Gasteiger partial charge in [-0.3, -0.25) is 9.48 Å². The molecule has 5 nitrogen and oxygen atoms in total. The number of hydrogen-bond acceptors (Lipinski definition) is 2. The highest BCUT2D eigenvalue weighted by atomic mass is 16.4. The molecule has 1 aromatic carbocycles. The normalized spacial score (nSPS) is 26.2. The van der Waals surface area contributed by atoms with Crippen LogP contribution in [-0.4, -0.2) is 20.9 Å². The van der Waals surface area contributed by atoms with Crippen molar-refractivity contribution in [2.75, 3.05) is 0 Å². The van der Waals surface area contributed by atoms with Crippen LogP contribution in [-0.2, 0) is 16.8 Å². The van der Waals surface area contributed by atoms with Crippen molar-refractivity contribution in [3.63, 3.8) is 0 Å². The molecule has 5 heteroatoms. The molecule has 28 heavy (non-hydrogen) atoms. The molecule has 1 heterocycles. The van der Waals surface area contributed by atoms with Gasteiger partial charge < -0.3 is 9.95 Å². The Balaban J connectivity index is 1.74. The minimum atomic E-state index is -0.725. The minimum absolute atomic E-state index is 0.307. The van der Waals surface area contributed by atoms with E-state index in [-0.39, 0.29) is 5.92 Å². The molecule has 0 atom stereocenters. The first kappa shape index (κ1) is 19.0. The standard InChI is InChI=1S/C23H29N3O2/c1-3-20-19-10-9-17(23(24-2)13-11-16(12-14-23)22(27)28)15-21(19)26(25-20)18-7-5-4-6-8-18/h9-10,15-16,18H,3-8,11-14H2,1H3,(H,27,28). The fraction of sp³-hybridized carbons (Fsp3) is 0.609. The molecule has 4 rings (SSSR count). The fourth-order valence-corrected chi connectivity index (χ4v) is 5.16. The first-order chi connectivity index (χ1) is 13.6. The van der Waals surface area contributed by atoms with Crippen LogP contribution in [0.2, 0.25) is 0 Å². The van der Waals surface area contributed by atoms with Crippen molar-refractivity contribution >= 4 is 16.9 Å². The van der Waals surface area contributed by atoms with Gasteiger partial charge in [0.2, 0.25) is 0 Å². The smallest absolute Gasteiger partial charge is 0.306 e. The van der Waals surface area contributed by atoms with Gasteiger partial charge >= 0.3 is 5.97 Å². The van der Waals surface area contributed by atoms with E-state index in [1.807, 2.05) is 0 Å². The molecule has 0 aliphatic heterocycles. The Kier molecular flexibility index (Phi) is 5.14. The second kappa shape index (κ2) is 7.58. The topological polar surface area (TPSA) is 59.5 Å². The maximum atomic E-state index is 11.3. The van der Waals surface area contributed by atoms with Gasteiger partial charge in [-0.15, -0.1) is 0 Å². The van der Waals surface area contributed by atoms with Gasteiger partial charge in [-0.05, 0) is 38.2 Å². The van der Waals surface area contributed by atoms with E-state index in [1.54, 1.807) is 0 Å². The first-order valence-electron chi connectivity index (χ1n) is 10.7. The number of nitrogens with zero attached hydrogens (tertiary/aromatic N) is 3. The molecule has 0 spiro atoms. The molecule has 0 bridgehead atoms.